The molecule has 2 heterocycles. The van der Waals surface area contributed by atoms with Crippen LogP contribution < -0.4 is 5.32 Å². The molecule has 0 aliphatic carbocycles. The van der Waals surface area contributed by atoms with Gasteiger partial charge in [0.2, 0.25) is 0 Å². The SMILES string of the molecule is O=C(NCCc1ccccc1)N1CCC(Cc2nc(-c3ccccc3)n[nH]2)C1. The number of nitrogens with zero attached hydrogens (tertiary/aromatic N) is 3. The molecule has 1 aromatic heterocycles. The van der Waals surface area contributed by atoms with Gasteiger partial charge >= 0.3 is 6.03 Å². The van der Waals surface area contributed by atoms with Crippen LogP contribution in [0.15, 0.2) is 60.7 Å². The van der Waals surface area contributed by atoms with Crippen LogP contribution in [0, 0.1) is 5.92 Å². The van der Waals surface area contributed by atoms with E-state index in [0.29, 0.717) is 12.5 Å². The second-order valence-corrected chi connectivity index (χ2v) is 7.24. The Morgan fingerprint density at radius 1 is 1.11 bits per heavy atom. The van der Waals surface area contributed by atoms with E-state index in [1.807, 2.05) is 53.4 Å². The monoisotopic (exact) mass is 375 g/mol. The number of H-pyrrole nitrogens is 1. The number of urea groups is 1. The molecule has 1 fully saturated rings. The van der Waals surface area contributed by atoms with Gasteiger partial charge in [-0.3, -0.25) is 5.10 Å². The number of carbonyl (C=O) groups excluding carboxylic acids is 1. The zero-order valence-electron chi connectivity index (χ0n) is 15.8. The zero-order valence-corrected chi connectivity index (χ0v) is 15.8. The summed E-state index contributed by atoms with van der Waals surface area (Å²) in [6.45, 7) is 2.21. The van der Waals surface area contributed by atoms with Crippen molar-refractivity contribution in [2.45, 2.75) is 19.3 Å². The van der Waals surface area contributed by atoms with Gasteiger partial charge in [-0.1, -0.05) is 60.7 Å². The highest BCUT2D eigenvalue weighted by Crippen LogP contribution is 2.21. The van der Waals surface area contributed by atoms with Gasteiger partial charge < -0.3 is 10.2 Å². The molecule has 2 aromatic carbocycles. The molecule has 1 unspecified atom stereocenters. The highest BCUT2D eigenvalue weighted by Gasteiger charge is 2.27. The Hall–Kier alpha value is -3.15. The van der Waals surface area contributed by atoms with Gasteiger partial charge in [-0.15, -0.1) is 0 Å². The fraction of sp³-hybridized carbons (Fsp3) is 0.318. The summed E-state index contributed by atoms with van der Waals surface area (Å²) < 4.78 is 0. The van der Waals surface area contributed by atoms with E-state index in [9.17, 15) is 4.79 Å². The van der Waals surface area contributed by atoms with Crippen LogP contribution >= 0.6 is 0 Å². The number of aromatic nitrogens is 3. The maximum absolute atomic E-state index is 12.4. The number of carbonyl (C=O) groups is 1. The van der Waals surface area contributed by atoms with Crippen molar-refractivity contribution >= 4 is 6.03 Å². The van der Waals surface area contributed by atoms with Gasteiger partial charge in [0.25, 0.3) is 0 Å². The number of hydrogen-bond acceptors (Lipinski definition) is 3. The number of hydrogen-bond donors (Lipinski definition) is 2. The van der Waals surface area contributed by atoms with Crippen LogP contribution in [0.5, 0.6) is 0 Å². The van der Waals surface area contributed by atoms with Gasteiger partial charge in [0, 0.05) is 31.6 Å². The molecule has 1 saturated heterocycles. The van der Waals surface area contributed by atoms with Gasteiger partial charge in [-0.2, -0.15) is 5.10 Å². The zero-order chi connectivity index (χ0) is 19.2. The molecule has 28 heavy (non-hydrogen) atoms. The first-order valence-electron chi connectivity index (χ1n) is 9.81. The second kappa shape index (κ2) is 8.69. The van der Waals surface area contributed by atoms with Crippen molar-refractivity contribution in [2.75, 3.05) is 19.6 Å². The first-order chi connectivity index (χ1) is 13.8. The molecule has 0 radical (unpaired) electrons. The molecular weight excluding hydrogens is 350 g/mol. The molecule has 6 heteroatoms. The summed E-state index contributed by atoms with van der Waals surface area (Å²) in [7, 11) is 0. The van der Waals surface area contributed by atoms with E-state index in [0.717, 1.165) is 49.6 Å². The molecule has 1 atom stereocenters. The minimum atomic E-state index is 0.0287. The normalized spacial score (nSPS) is 16.3. The van der Waals surface area contributed by atoms with Crippen molar-refractivity contribution in [3.8, 4) is 11.4 Å². The van der Waals surface area contributed by atoms with Crippen LogP contribution in [0.1, 0.15) is 17.8 Å². The molecule has 144 valence electrons. The third-order valence-corrected chi connectivity index (χ3v) is 5.15. The predicted molar refractivity (Wildman–Crippen MR) is 109 cm³/mol. The lowest BCUT2D eigenvalue weighted by Crippen LogP contribution is -2.39. The summed E-state index contributed by atoms with van der Waals surface area (Å²) in [6.07, 6.45) is 2.66. The molecule has 2 N–H and O–H groups in total. The molecule has 6 nitrogen and oxygen atoms in total. The molecule has 2 amide bonds. The Morgan fingerprint density at radius 2 is 1.86 bits per heavy atom. The van der Waals surface area contributed by atoms with Crippen molar-refractivity contribution in [1.82, 2.24) is 25.4 Å². The summed E-state index contributed by atoms with van der Waals surface area (Å²) >= 11 is 0. The third-order valence-electron chi connectivity index (χ3n) is 5.15. The van der Waals surface area contributed by atoms with Crippen molar-refractivity contribution in [1.29, 1.82) is 0 Å². The Morgan fingerprint density at radius 3 is 2.64 bits per heavy atom. The van der Waals surface area contributed by atoms with Crippen molar-refractivity contribution < 1.29 is 4.79 Å². The van der Waals surface area contributed by atoms with Crippen LogP contribution in [0.25, 0.3) is 11.4 Å². The minimum absolute atomic E-state index is 0.0287. The molecule has 1 aliphatic rings. The molecule has 3 aromatic rings. The summed E-state index contributed by atoms with van der Waals surface area (Å²) in [5.74, 6) is 2.02. The lowest BCUT2D eigenvalue weighted by atomic mass is 10.1. The summed E-state index contributed by atoms with van der Waals surface area (Å²) in [6, 6.07) is 20.2. The maximum atomic E-state index is 12.4. The van der Waals surface area contributed by atoms with E-state index < -0.39 is 0 Å². The van der Waals surface area contributed by atoms with E-state index in [2.05, 4.69) is 32.6 Å². The minimum Gasteiger partial charge on any atom is -0.338 e. The lowest BCUT2D eigenvalue weighted by Gasteiger charge is -2.17. The van der Waals surface area contributed by atoms with Gasteiger partial charge in [-0.25, -0.2) is 9.78 Å². The molecule has 1 aliphatic heterocycles. The average molecular weight is 375 g/mol. The number of likely N-dealkylation sites (tertiary alicyclic amines) is 1. The largest absolute Gasteiger partial charge is 0.338 e. The first kappa shape index (κ1) is 18.2. The van der Waals surface area contributed by atoms with Crippen LogP contribution in [0.2, 0.25) is 0 Å². The van der Waals surface area contributed by atoms with Crippen molar-refractivity contribution in [3.63, 3.8) is 0 Å². The fourth-order valence-corrected chi connectivity index (χ4v) is 3.63. The van der Waals surface area contributed by atoms with Crippen molar-refractivity contribution in [3.05, 3.63) is 72.1 Å². The van der Waals surface area contributed by atoms with Crippen LogP contribution in [-0.2, 0) is 12.8 Å². The van der Waals surface area contributed by atoms with E-state index in [-0.39, 0.29) is 6.03 Å². The van der Waals surface area contributed by atoms with E-state index in [1.165, 1.54) is 5.56 Å². The first-order valence-corrected chi connectivity index (χ1v) is 9.81. The van der Waals surface area contributed by atoms with Crippen LogP contribution in [-0.4, -0.2) is 45.7 Å². The van der Waals surface area contributed by atoms with Crippen LogP contribution in [0.3, 0.4) is 0 Å². The van der Waals surface area contributed by atoms with Crippen LogP contribution in [0.4, 0.5) is 4.79 Å². The summed E-state index contributed by atoms with van der Waals surface area (Å²) in [5.41, 5.74) is 2.25. The standard InChI is InChI=1S/C22H25N5O/c28-22(23-13-11-17-7-3-1-4-8-17)27-14-12-18(16-27)15-20-24-21(26-25-20)19-9-5-2-6-10-19/h1-10,18H,11-16H2,(H,23,28)(H,24,25,26). The van der Waals surface area contributed by atoms with Crippen molar-refractivity contribution in [2.24, 2.45) is 5.92 Å². The van der Waals surface area contributed by atoms with E-state index in [4.69, 9.17) is 0 Å². The number of benzene rings is 2. The maximum Gasteiger partial charge on any atom is 0.317 e. The molecule has 4 rings (SSSR count). The summed E-state index contributed by atoms with van der Waals surface area (Å²) in [5, 5.41) is 10.4. The fourth-order valence-electron chi connectivity index (χ4n) is 3.63. The predicted octanol–water partition coefficient (Wildman–Crippen LogP) is 3.29. The van der Waals surface area contributed by atoms with Gasteiger partial charge in [0.15, 0.2) is 5.82 Å². The number of rotatable bonds is 6. The smallest absolute Gasteiger partial charge is 0.317 e. The van der Waals surface area contributed by atoms with E-state index >= 15 is 0 Å². The summed E-state index contributed by atoms with van der Waals surface area (Å²) in [4.78, 5) is 18.9. The van der Waals surface area contributed by atoms with Gasteiger partial charge in [-0.05, 0) is 24.3 Å². The Bertz CT molecular complexity index is 894. The Balaban J connectivity index is 1.24. The highest BCUT2D eigenvalue weighted by atomic mass is 16.2. The van der Waals surface area contributed by atoms with Gasteiger partial charge in [0.1, 0.15) is 5.82 Å². The average Bonchev–Trinajstić information content (AvgIpc) is 3.40. The number of amides is 2. The molecule has 0 spiro atoms. The number of aromatic amines is 1. The Kier molecular flexibility index (Phi) is 5.66. The quantitative estimate of drug-likeness (QED) is 0.694. The van der Waals surface area contributed by atoms with Gasteiger partial charge in [0.05, 0.1) is 0 Å². The second-order valence-electron chi connectivity index (χ2n) is 7.24. The molecule has 0 saturated carbocycles. The third kappa shape index (κ3) is 4.57. The Labute approximate surface area is 165 Å². The molecule has 0 bridgehead atoms. The van der Waals surface area contributed by atoms with E-state index in [1.54, 1.807) is 0 Å². The topological polar surface area (TPSA) is 73.9 Å². The molecular formula is C22H25N5O. The lowest BCUT2D eigenvalue weighted by molar-refractivity contribution is 0.207. The highest BCUT2D eigenvalue weighted by molar-refractivity contribution is 5.74. The number of nitrogens with one attached hydrogen (secondary N) is 2.